The van der Waals surface area contributed by atoms with Crippen molar-refractivity contribution >= 4 is 0 Å². The van der Waals surface area contributed by atoms with Crippen molar-refractivity contribution in [3.8, 4) is 0 Å². The number of piperidine rings is 1. The van der Waals surface area contributed by atoms with Crippen LogP contribution in [0.3, 0.4) is 0 Å². The Bertz CT molecular complexity index is 169. The van der Waals surface area contributed by atoms with Crippen molar-refractivity contribution in [3.63, 3.8) is 0 Å². The Balaban J connectivity index is 1.90. The van der Waals surface area contributed by atoms with Crippen molar-refractivity contribution < 1.29 is 4.74 Å². The van der Waals surface area contributed by atoms with E-state index in [4.69, 9.17) is 4.74 Å². The first-order valence-electron chi connectivity index (χ1n) is 5.03. The van der Waals surface area contributed by atoms with E-state index in [9.17, 15) is 0 Å². The van der Waals surface area contributed by atoms with E-state index in [1.54, 1.807) is 0 Å². The summed E-state index contributed by atoms with van der Waals surface area (Å²) in [5.41, 5.74) is 0.405. The topological polar surface area (TPSA) is 21.3 Å². The van der Waals surface area contributed by atoms with Crippen LogP contribution in [0.5, 0.6) is 0 Å². The molecule has 2 rings (SSSR count). The van der Waals surface area contributed by atoms with E-state index in [0.29, 0.717) is 0 Å². The molecule has 70 valence electrons. The third-order valence-corrected chi connectivity index (χ3v) is 3.11. The summed E-state index contributed by atoms with van der Waals surface area (Å²) >= 11 is 0. The molecule has 0 amide bonds. The maximum absolute atomic E-state index is 6.14. The summed E-state index contributed by atoms with van der Waals surface area (Å²) in [6.07, 6.45) is 4.86. The van der Waals surface area contributed by atoms with E-state index in [2.05, 4.69) is 19.2 Å². The highest BCUT2D eigenvalue weighted by Crippen LogP contribution is 2.43. The van der Waals surface area contributed by atoms with Crippen LogP contribution in [0.25, 0.3) is 0 Å². The molecule has 0 atom stereocenters. The monoisotopic (exact) mass is 169 g/mol. The van der Waals surface area contributed by atoms with Crippen LogP contribution in [0.4, 0.5) is 0 Å². The lowest BCUT2D eigenvalue weighted by molar-refractivity contribution is -0.105. The molecule has 2 aliphatic rings. The highest BCUT2D eigenvalue weighted by atomic mass is 16.5. The lowest BCUT2D eigenvalue weighted by Crippen LogP contribution is -2.43. The fourth-order valence-corrected chi connectivity index (χ4v) is 1.93. The van der Waals surface area contributed by atoms with Gasteiger partial charge in [-0.1, -0.05) is 0 Å². The molecule has 2 heteroatoms. The van der Waals surface area contributed by atoms with Crippen LogP contribution in [0.2, 0.25) is 0 Å². The second-order valence-electron chi connectivity index (χ2n) is 4.75. The van der Waals surface area contributed by atoms with E-state index < -0.39 is 0 Å². The first kappa shape index (κ1) is 8.52. The van der Waals surface area contributed by atoms with Crippen molar-refractivity contribution in [1.82, 2.24) is 5.32 Å². The molecule has 0 unspecified atom stereocenters. The van der Waals surface area contributed by atoms with Gasteiger partial charge < -0.3 is 10.1 Å². The molecule has 1 heterocycles. The van der Waals surface area contributed by atoms with Gasteiger partial charge in [-0.15, -0.1) is 0 Å². The van der Waals surface area contributed by atoms with E-state index in [-0.39, 0.29) is 11.2 Å². The summed E-state index contributed by atoms with van der Waals surface area (Å²) in [6.45, 7) is 6.73. The predicted octanol–water partition coefficient (Wildman–Crippen LogP) is 1.70. The Labute approximate surface area is 74.7 Å². The highest BCUT2D eigenvalue weighted by molar-refractivity contribution is 4.95. The van der Waals surface area contributed by atoms with E-state index in [1.165, 1.54) is 25.7 Å². The molecule has 1 aliphatic carbocycles. The quantitative estimate of drug-likeness (QED) is 0.679. The summed E-state index contributed by atoms with van der Waals surface area (Å²) in [5.74, 6) is 0. The van der Waals surface area contributed by atoms with Gasteiger partial charge in [0.15, 0.2) is 0 Å². The van der Waals surface area contributed by atoms with Gasteiger partial charge in [-0.2, -0.15) is 0 Å². The van der Waals surface area contributed by atoms with Crippen LogP contribution in [0.15, 0.2) is 0 Å². The summed E-state index contributed by atoms with van der Waals surface area (Å²) in [7, 11) is 0. The van der Waals surface area contributed by atoms with Gasteiger partial charge in [-0.05, 0) is 52.6 Å². The van der Waals surface area contributed by atoms with Crippen LogP contribution in [0, 0.1) is 0 Å². The number of ether oxygens (including phenoxy) is 1. The van der Waals surface area contributed by atoms with Gasteiger partial charge in [0.1, 0.15) is 0 Å². The number of rotatable bonds is 2. The number of nitrogens with one attached hydrogen (secondary N) is 1. The largest absolute Gasteiger partial charge is 0.369 e. The molecule has 2 nitrogen and oxygen atoms in total. The highest BCUT2D eigenvalue weighted by Gasteiger charge is 2.44. The summed E-state index contributed by atoms with van der Waals surface area (Å²) in [5, 5.41) is 3.37. The van der Waals surface area contributed by atoms with Crippen LogP contribution < -0.4 is 5.32 Å². The Kier molecular flexibility index (Phi) is 1.92. The lowest BCUT2D eigenvalue weighted by Gasteiger charge is -2.36. The average molecular weight is 169 g/mol. The molecule has 0 bridgehead atoms. The second-order valence-corrected chi connectivity index (χ2v) is 4.75. The molecular weight excluding hydrogens is 150 g/mol. The van der Waals surface area contributed by atoms with E-state index in [0.717, 1.165) is 13.1 Å². The predicted molar refractivity (Wildman–Crippen MR) is 49.2 cm³/mol. The van der Waals surface area contributed by atoms with Crippen LogP contribution >= 0.6 is 0 Å². The molecule has 1 saturated heterocycles. The smallest absolute Gasteiger partial charge is 0.0686 e. The Morgan fingerprint density at radius 2 is 1.42 bits per heavy atom. The van der Waals surface area contributed by atoms with Crippen molar-refractivity contribution in [2.24, 2.45) is 0 Å². The van der Waals surface area contributed by atoms with E-state index >= 15 is 0 Å². The maximum Gasteiger partial charge on any atom is 0.0686 e. The van der Waals surface area contributed by atoms with Crippen LogP contribution in [-0.4, -0.2) is 24.3 Å². The Morgan fingerprint density at radius 3 is 1.92 bits per heavy atom. The number of hydrogen-bond donors (Lipinski definition) is 1. The van der Waals surface area contributed by atoms with Gasteiger partial charge in [-0.25, -0.2) is 0 Å². The average Bonchev–Trinajstić information content (AvgIpc) is 2.67. The first-order valence-corrected chi connectivity index (χ1v) is 5.03. The van der Waals surface area contributed by atoms with Crippen molar-refractivity contribution in [3.05, 3.63) is 0 Å². The zero-order chi connectivity index (χ0) is 8.66. The van der Waals surface area contributed by atoms with Gasteiger partial charge in [-0.3, -0.25) is 0 Å². The molecule has 1 N–H and O–H groups in total. The number of hydrogen-bond acceptors (Lipinski definition) is 2. The second kappa shape index (κ2) is 2.71. The molecule has 1 saturated carbocycles. The molecular formula is C10H19NO. The van der Waals surface area contributed by atoms with Crippen molar-refractivity contribution in [2.45, 2.75) is 50.7 Å². The van der Waals surface area contributed by atoms with Gasteiger partial charge in [0.2, 0.25) is 0 Å². The molecule has 0 spiro atoms. The molecule has 0 aromatic carbocycles. The Morgan fingerprint density at radius 1 is 0.917 bits per heavy atom. The van der Waals surface area contributed by atoms with Crippen molar-refractivity contribution in [2.75, 3.05) is 13.1 Å². The van der Waals surface area contributed by atoms with Gasteiger partial charge in [0, 0.05) is 0 Å². The maximum atomic E-state index is 6.14. The van der Waals surface area contributed by atoms with Gasteiger partial charge in [0.25, 0.3) is 0 Å². The zero-order valence-electron chi connectivity index (χ0n) is 8.15. The van der Waals surface area contributed by atoms with Crippen LogP contribution in [0.1, 0.15) is 39.5 Å². The van der Waals surface area contributed by atoms with Gasteiger partial charge >= 0.3 is 0 Å². The minimum Gasteiger partial charge on any atom is -0.369 e. The SMILES string of the molecule is CC1(OC2(C)CC2)CCNCC1. The summed E-state index contributed by atoms with van der Waals surface area (Å²) in [4.78, 5) is 0. The fraction of sp³-hybridized carbons (Fsp3) is 1.00. The Hall–Kier alpha value is -0.0800. The third-order valence-electron chi connectivity index (χ3n) is 3.11. The fourth-order valence-electron chi connectivity index (χ4n) is 1.93. The third kappa shape index (κ3) is 1.80. The first-order chi connectivity index (χ1) is 5.62. The molecule has 0 aromatic heterocycles. The summed E-state index contributed by atoms with van der Waals surface area (Å²) in [6, 6.07) is 0. The molecule has 12 heavy (non-hydrogen) atoms. The van der Waals surface area contributed by atoms with Crippen molar-refractivity contribution in [1.29, 1.82) is 0 Å². The zero-order valence-corrected chi connectivity index (χ0v) is 8.15. The van der Waals surface area contributed by atoms with Crippen LogP contribution in [-0.2, 0) is 4.74 Å². The minimum absolute atomic E-state index is 0.163. The molecule has 2 fully saturated rings. The normalized spacial score (nSPS) is 31.5. The lowest BCUT2D eigenvalue weighted by atomic mass is 9.94. The molecule has 0 radical (unpaired) electrons. The molecule has 1 aliphatic heterocycles. The standard InChI is InChI=1S/C10H19NO/c1-9(3-4-9)12-10(2)5-7-11-8-6-10/h11H,3-8H2,1-2H3. The van der Waals surface area contributed by atoms with E-state index in [1.807, 2.05) is 0 Å². The molecule has 0 aromatic rings. The minimum atomic E-state index is 0.163. The summed E-state index contributed by atoms with van der Waals surface area (Å²) < 4.78 is 6.14. The van der Waals surface area contributed by atoms with Gasteiger partial charge in [0.05, 0.1) is 11.2 Å².